The summed E-state index contributed by atoms with van der Waals surface area (Å²) in [6, 6.07) is 8.10. The molecule has 0 saturated carbocycles. The van der Waals surface area contributed by atoms with Crippen molar-refractivity contribution in [3.05, 3.63) is 48.0 Å². The highest BCUT2D eigenvalue weighted by atomic mass is 16.1. The summed E-state index contributed by atoms with van der Waals surface area (Å²) in [6.07, 6.45) is 3.47. The van der Waals surface area contributed by atoms with E-state index in [1.165, 1.54) is 5.56 Å². The van der Waals surface area contributed by atoms with Gasteiger partial charge >= 0.3 is 0 Å². The minimum atomic E-state index is -0.0177. The van der Waals surface area contributed by atoms with Crippen molar-refractivity contribution in [2.24, 2.45) is 5.92 Å². The molecule has 0 aliphatic rings. The number of carbonyl (C=O) groups excluding carboxylic acids is 1. The van der Waals surface area contributed by atoms with Crippen molar-refractivity contribution in [2.75, 3.05) is 0 Å². The Morgan fingerprint density at radius 3 is 2.76 bits per heavy atom. The molecule has 0 radical (unpaired) electrons. The monoisotopic (exact) mass is 228 g/mol. The highest BCUT2D eigenvalue weighted by molar-refractivity contribution is 5.95. The van der Waals surface area contributed by atoms with Gasteiger partial charge in [-0.1, -0.05) is 26.0 Å². The number of rotatable bonds is 3. The molecule has 1 aromatic heterocycles. The lowest BCUT2D eigenvalue weighted by molar-refractivity contribution is 0.0935. The number of benzene rings is 1. The molecule has 0 aliphatic heterocycles. The molecule has 0 unspecified atom stereocenters. The molecular formula is C14H16N2O. The smallest absolute Gasteiger partial charge is 0.185 e. The zero-order valence-electron chi connectivity index (χ0n) is 10.3. The predicted molar refractivity (Wildman–Crippen MR) is 67.5 cm³/mol. The second-order valence-electron chi connectivity index (χ2n) is 4.52. The number of Topliss-reactive ketones (excluding diaryl/α,β-unsaturated/α-hetero) is 1. The summed E-state index contributed by atoms with van der Waals surface area (Å²) in [6.45, 7) is 5.81. The van der Waals surface area contributed by atoms with E-state index in [1.54, 1.807) is 12.5 Å². The lowest BCUT2D eigenvalue weighted by atomic mass is 10.1. The van der Waals surface area contributed by atoms with E-state index < -0.39 is 0 Å². The molecule has 0 bridgehead atoms. The number of hydrogen-bond acceptors (Lipinski definition) is 2. The Kier molecular flexibility index (Phi) is 3.09. The highest BCUT2D eigenvalue weighted by Crippen LogP contribution is 2.12. The van der Waals surface area contributed by atoms with E-state index in [4.69, 9.17) is 0 Å². The van der Waals surface area contributed by atoms with Gasteiger partial charge in [0, 0.05) is 17.8 Å². The second-order valence-corrected chi connectivity index (χ2v) is 4.52. The van der Waals surface area contributed by atoms with Crippen molar-refractivity contribution < 1.29 is 4.79 Å². The molecule has 88 valence electrons. The van der Waals surface area contributed by atoms with E-state index >= 15 is 0 Å². The molecule has 1 heterocycles. The lowest BCUT2D eigenvalue weighted by Crippen LogP contribution is -2.07. The molecule has 17 heavy (non-hydrogen) atoms. The Labute approximate surface area is 101 Å². The maximum Gasteiger partial charge on any atom is 0.185 e. The number of nitrogens with zero attached hydrogens (tertiary/aromatic N) is 2. The standard InChI is InChI=1S/C14H16N2O/c1-10(2)14(17)13-8-16(9-15-13)12-6-4-5-11(3)7-12/h4-10H,1-3H3. The van der Waals surface area contributed by atoms with Crippen molar-refractivity contribution in [2.45, 2.75) is 20.8 Å². The molecule has 0 amide bonds. The average molecular weight is 228 g/mol. The third kappa shape index (κ3) is 2.44. The average Bonchev–Trinajstić information content (AvgIpc) is 2.77. The molecule has 0 fully saturated rings. The quantitative estimate of drug-likeness (QED) is 0.757. The van der Waals surface area contributed by atoms with Crippen molar-refractivity contribution in [3.8, 4) is 5.69 Å². The Balaban J connectivity index is 2.33. The van der Waals surface area contributed by atoms with Crippen molar-refractivity contribution in [1.29, 1.82) is 0 Å². The molecule has 0 saturated heterocycles. The number of carbonyl (C=O) groups is 1. The van der Waals surface area contributed by atoms with Crippen LogP contribution in [0, 0.1) is 12.8 Å². The molecule has 0 spiro atoms. The van der Waals surface area contributed by atoms with Gasteiger partial charge in [0.25, 0.3) is 0 Å². The molecular weight excluding hydrogens is 212 g/mol. The van der Waals surface area contributed by atoms with Crippen molar-refractivity contribution in [3.63, 3.8) is 0 Å². The molecule has 0 atom stereocenters. The second kappa shape index (κ2) is 4.53. The first-order chi connectivity index (χ1) is 8.08. The molecule has 0 aliphatic carbocycles. The molecule has 3 nitrogen and oxygen atoms in total. The van der Waals surface area contributed by atoms with Gasteiger partial charge < -0.3 is 4.57 Å². The van der Waals surface area contributed by atoms with Gasteiger partial charge in [-0.05, 0) is 24.6 Å². The third-order valence-electron chi connectivity index (χ3n) is 2.66. The van der Waals surface area contributed by atoms with Crippen LogP contribution in [0.5, 0.6) is 0 Å². The summed E-state index contributed by atoms with van der Waals surface area (Å²) in [5.74, 6) is 0.0623. The van der Waals surface area contributed by atoms with Gasteiger partial charge in [-0.15, -0.1) is 0 Å². The Morgan fingerprint density at radius 2 is 2.12 bits per heavy atom. The van der Waals surface area contributed by atoms with Crippen molar-refractivity contribution in [1.82, 2.24) is 9.55 Å². The summed E-state index contributed by atoms with van der Waals surface area (Å²) in [7, 11) is 0. The Bertz CT molecular complexity index is 541. The summed E-state index contributed by atoms with van der Waals surface area (Å²) in [4.78, 5) is 15.9. The molecule has 2 aromatic rings. The summed E-state index contributed by atoms with van der Waals surface area (Å²) < 4.78 is 1.88. The maximum atomic E-state index is 11.8. The highest BCUT2D eigenvalue weighted by Gasteiger charge is 2.13. The van der Waals surface area contributed by atoms with E-state index in [9.17, 15) is 4.79 Å². The van der Waals surface area contributed by atoms with E-state index in [-0.39, 0.29) is 11.7 Å². The number of imidazole rings is 1. The van der Waals surface area contributed by atoms with Crippen molar-refractivity contribution >= 4 is 5.78 Å². The SMILES string of the molecule is Cc1cccc(-n2cnc(C(=O)C(C)C)c2)c1. The van der Waals surface area contributed by atoms with Crippen LogP contribution < -0.4 is 0 Å². The van der Waals surface area contributed by atoms with Crippen LogP contribution in [0.3, 0.4) is 0 Å². The largest absolute Gasteiger partial charge is 0.306 e. The van der Waals surface area contributed by atoms with E-state index in [1.807, 2.05) is 43.5 Å². The van der Waals surface area contributed by atoms with Gasteiger partial charge in [0.05, 0.1) is 0 Å². The fourth-order valence-electron chi connectivity index (χ4n) is 1.68. The van der Waals surface area contributed by atoms with E-state index in [2.05, 4.69) is 11.1 Å². The van der Waals surface area contributed by atoms with Crippen LogP contribution in [-0.4, -0.2) is 15.3 Å². The fraction of sp³-hybridized carbons (Fsp3) is 0.286. The van der Waals surface area contributed by atoms with Crippen LogP contribution in [0.1, 0.15) is 29.9 Å². The summed E-state index contributed by atoms with van der Waals surface area (Å²) in [5.41, 5.74) is 2.75. The first-order valence-corrected chi connectivity index (χ1v) is 5.73. The molecule has 3 heteroatoms. The fourth-order valence-corrected chi connectivity index (χ4v) is 1.68. The summed E-state index contributed by atoms with van der Waals surface area (Å²) >= 11 is 0. The normalized spacial score (nSPS) is 10.8. The van der Waals surface area contributed by atoms with Gasteiger partial charge in [0.1, 0.15) is 12.0 Å². The van der Waals surface area contributed by atoms with Gasteiger partial charge in [0.2, 0.25) is 0 Å². The van der Waals surface area contributed by atoms with Crippen LogP contribution >= 0.6 is 0 Å². The Hall–Kier alpha value is -1.90. The van der Waals surface area contributed by atoms with Crippen LogP contribution in [0.25, 0.3) is 5.69 Å². The predicted octanol–water partition coefficient (Wildman–Crippen LogP) is 3.02. The number of hydrogen-bond donors (Lipinski definition) is 0. The van der Waals surface area contributed by atoms with Gasteiger partial charge in [-0.2, -0.15) is 0 Å². The van der Waals surface area contributed by atoms with Gasteiger partial charge in [0.15, 0.2) is 5.78 Å². The zero-order valence-corrected chi connectivity index (χ0v) is 10.3. The van der Waals surface area contributed by atoms with E-state index in [0.29, 0.717) is 5.69 Å². The van der Waals surface area contributed by atoms with Crippen LogP contribution in [0.2, 0.25) is 0 Å². The summed E-state index contributed by atoms with van der Waals surface area (Å²) in [5, 5.41) is 0. The Morgan fingerprint density at radius 1 is 1.35 bits per heavy atom. The number of aryl methyl sites for hydroxylation is 1. The maximum absolute atomic E-state index is 11.8. The number of aromatic nitrogens is 2. The minimum absolute atomic E-state index is 0.0177. The third-order valence-corrected chi connectivity index (χ3v) is 2.66. The first-order valence-electron chi connectivity index (χ1n) is 5.73. The molecule has 0 N–H and O–H groups in total. The molecule has 1 aromatic carbocycles. The zero-order chi connectivity index (χ0) is 12.4. The van der Waals surface area contributed by atoms with E-state index in [0.717, 1.165) is 5.69 Å². The topological polar surface area (TPSA) is 34.9 Å². The van der Waals surface area contributed by atoms with Gasteiger partial charge in [-0.3, -0.25) is 4.79 Å². The number of ketones is 1. The lowest BCUT2D eigenvalue weighted by Gasteiger charge is -2.02. The first kappa shape index (κ1) is 11.6. The minimum Gasteiger partial charge on any atom is -0.306 e. The van der Waals surface area contributed by atoms with Crippen LogP contribution in [0.15, 0.2) is 36.8 Å². The molecule has 2 rings (SSSR count). The van der Waals surface area contributed by atoms with Crippen LogP contribution in [-0.2, 0) is 0 Å². The van der Waals surface area contributed by atoms with Gasteiger partial charge in [-0.25, -0.2) is 4.98 Å². The van der Waals surface area contributed by atoms with Crippen LogP contribution in [0.4, 0.5) is 0 Å².